The van der Waals surface area contributed by atoms with Crippen molar-refractivity contribution in [1.82, 2.24) is 9.97 Å². The predicted molar refractivity (Wildman–Crippen MR) is 66.9 cm³/mol. The Morgan fingerprint density at radius 1 is 1.44 bits per heavy atom. The van der Waals surface area contributed by atoms with Gasteiger partial charge in [-0.2, -0.15) is 0 Å². The Labute approximate surface area is 109 Å². The van der Waals surface area contributed by atoms with Crippen molar-refractivity contribution in [2.75, 3.05) is 12.4 Å². The molecule has 0 bridgehead atoms. The van der Waals surface area contributed by atoms with Crippen LogP contribution in [-0.2, 0) is 6.42 Å². The third-order valence-electron chi connectivity index (χ3n) is 2.26. The van der Waals surface area contributed by atoms with Gasteiger partial charge >= 0.3 is 5.97 Å². The molecule has 0 saturated heterocycles. The summed E-state index contributed by atoms with van der Waals surface area (Å²) in [7, 11) is 0. The van der Waals surface area contributed by atoms with E-state index in [9.17, 15) is 9.90 Å². The monoisotopic (exact) mass is 272 g/mol. The van der Waals surface area contributed by atoms with Crippen LogP contribution in [0.25, 0.3) is 0 Å². The number of aromatic nitrogens is 2. The Hall–Kier alpha value is -1.18. The largest absolute Gasteiger partial charge is 0.478 e. The molecule has 100 valence electrons. The first-order valence-corrected chi connectivity index (χ1v) is 6.50. The summed E-state index contributed by atoms with van der Waals surface area (Å²) in [5, 5.41) is 27.5. The number of aliphatic hydroxyl groups is 2. The lowest BCUT2D eigenvalue weighted by Crippen LogP contribution is -2.16. The van der Waals surface area contributed by atoms with Crippen molar-refractivity contribution in [3.8, 4) is 0 Å². The molecule has 3 N–H and O–H groups in total. The van der Waals surface area contributed by atoms with Crippen LogP contribution in [0.15, 0.2) is 5.03 Å². The topological polar surface area (TPSA) is 104 Å². The molecule has 18 heavy (non-hydrogen) atoms. The lowest BCUT2D eigenvalue weighted by Gasteiger charge is -2.11. The zero-order valence-corrected chi connectivity index (χ0v) is 11.1. The zero-order chi connectivity index (χ0) is 13.7. The van der Waals surface area contributed by atoms with E-state index < -0.39 is 12.1 Å². The molecule has 0 amide bonds. The third kappa shape index (κ3) is 3.66. The highest BCUT2D eigenvalue weighted by atomic mass is 32.2. The Kier molecular flexibility index (Phi) is 5.52. The molecule has 0 radical (unpaired) electrons. The molecule has 0 fully saturated rings. The maximum Gasteiger partial charge on any atom is 0.340 e. The highest BCUT2D eigenvalue weighted by Crippen LogP contribution is 2.23. The second-order valence-electron chi connectivity index (χ2n) is 3.71. The highest BCUT2D eigenvalue weighted by molar-refractivity contribution is 7.99. The highest BCUT2D eigenvalue weighted by Gasteiger charge is 2.18. The Bertz CT molecular complexity index is 439. The van der Waals surface area contributed by atoms with Crippen LogP contribution in [0.5, 0.6) is 0 Å². The molecule has 0 aliphatic carbocycles. The van der Waals surface area contributed by atoms with Crippen molar-refractivity contribution in [3.63, 3.8) is 0 Å². The van der Waals surface area contributed by atoms with Crippen molar-refractivity contribution in [1.29, 1.82) is 0 Å². The molecule has 6 nitrogen and oxygen atoms in total. The minimum atomic E-state index is -1.09. The van der Waals surface area contributed by atoms with Crippen LogP contribution in [0.4, 0.5) is 0 Å². The second-order valence-corrected chi connectivity index (χ2v) is 4.72. The van der Waals surface area contributed by atoms with Crippen molar-refractivity contribution in [2.24, 2.45) is 0 Å². The normalized spacial score (nSPS) is 12.4. The third-order valence-corrected chi connectivity index (χ3v) is 3.38. The van der Waals surface area contributed by atoms with Gasteiger partial charge in [0, 0.05) is 12.2 Å². The van der Waals surface area contributed by atoms with Gasteiger partial charge in [-0.1, -0.05) is 6.92 Å². The average molecular weight is 272 g/mol. The van der Waals surface area contributed by atoms with Gasteiger partial charge in [0.05, 0.1) is 18.4 Å². The first-order valence-electron chi connectivity index (χ1n) is 5.52. The van der Waals surface area contributed by atoms with Crippen LogP contribution in [0, 0.1) is 6.92 Å². The fourth-order valence-corrected chi connectivity index (χ4v) is 2.34. The molecular formula is C11H16N2O4S. The quantitative estimate of drug-likeness (QED) is 0.511. The van der Waals surface area contributed by atoms with Gasteiger partial charge in [-0.05, 0) is 6.92 Å². The molecule has 1 aromatic rings. The second kappa shape index (κ2) is 6.67. The van der Waals surface area contributed by atoms with E-state index >= 15 is 0 Å². The number of hydrogen-bond donors (Lipinski definition) is 3. The molecule has 0 spiro atoms. The smallest absolute Gasteiger partial charge is 0.340 e. The molecule has 1 atom stereocenters. The molecule has 0 saturated carbocycles. The van der Waals surface area contributed by atoms with E-state index in [2.05, 4.69) is 9.97 Å². The molecule has 1 unspecified atom stereocenters. The van der Waals surface area contributed by atoms with Gasteiger partial charge in [0.15, 0.2) is 0 Å². The molecule has 1 aromatic heterocycles. The number of aliphatic hydroxyl groups excluding tert-OH is 2. The first kappa shape index (κ1) is 14.9. The first-order chi connectivity index (χ1) is 8.49. The van der Waals surface area contributed by atoms with Gasteiger partial charge in [0.2, 0.25) is 0 Å². The van der Waals surface area contributed by atoms with Gasteiger partial charge in [-0.25, -0.2) is 14.8 Å². The number of thioether (sulfide) groups is 1. The fourth-order valence-electron chi connectivity index (χ4n) is 1.34. The van der Waals surface area contributed by atoms with Gasteiger partial charge in [-0.15, -0.1) is 11.8 Å². The summed E-state index contributed by atoms with van der Waals surface area (Å²) in [6.45, 7) is 3.14. The van der Waals surface area contributed by atoms with Crippen molar-refractivity contribution < 1.29 is 20.1 Å². The molecule has 1 rings (SSSR count). The van der Waals surface area contributed by atoms with Crippen molar-refractivity contribution in [2.45, 2.75) is 31.4 Å². The van der Waals surface area contributed by atoms with Gasteiger partial charge in [0.25, 0.3) is 0 Å². The number of aromatic carboxylic acids is 1. The maximum atomic E-state index is 11.2. The lowest BCUT2D eigenvalue weighted by molar-refractivity contribution is 0.0690. The molecule has 0 aliphatic rings. The molecule has 1 heterocycles. The summed E-state index contributed by atoms with van der Waals surface area (Å²) in [6.07, 6.45) is -0.284. The Balaban J connectivity index is 3.05. The zero-order valence-electron chi connectivity index (χ0n) is 10.3. The summed E-state index contributed by atoms with van der Waals surface area (Å²) in [4.78, 5) is 19.4. The van der Waals surface area contributed by atoms with Crippen LogP contribution in [0.1, 0.15) is 28.8 Å². The lowest BCUT2D eigenvalue weighted by atomic mass is 10.2. The van der Waals surface area contributed by atoms with E-state index in [0.717, 1.165) is 11.8 Å². The number of hydrogen-bond acceptors (Lipinski definition) is 6. The minimum Gasteiger partial charge on any atom is -0.478 e. The van der Waals surface area contributed by atoms with Gasteiger partial charge < -0.3 is 15.3 Å². The number of aryl methyl sites for hydroxylation is 2. The number of nitrogens with zero attached hydrogens (tertiary/aromatic N) is 2. The van der Waals surface area contributed by atoms with Crippen LogP contribution < -0.4 is 0 Å². The number of rotatable bonds is 6. The fraction of sp³-hybridized carbons (Fsp3) is 0.545. The number of carbonyl (C=O) groups is 1. The van der Waals surface area contributed by atoms with Crippen molar-refractivity contribution in [3.05, 3.63) is 17.1 Å². The summed E-state index contributed by atoms with van der Waals surface area (Å²) in [6, 6.07) is 0. The number of carboxylic acid groups (broad SMARTS) is 1. The summed E-state index contributed by atoms with van der Waals surface area (Å²) >= 11 is 1.11. The average Bonchev–Trinajstić information content (AvgIpc) is 2.34. The number of carboxylic acids is 1. The van der Waals surface area contributed by atoms with Crippen LogP contribution in [0.2, 0.25) is 0 Å². The Morgan fingerprint density at radius 3 is 2.61 bits per heavy atom. The van der Waals surface area contributed by atoms with Crippen LogP contribution >= 0.6 is 11.8 Å². The summed E-state index contributed by atoms with van der Waals surface area (Å²) in [5.41, 5.74) is 0.470. The maximum absolute atomic E-state index is 11.2. The molecule has 7 heteroatoms. The van der Waals surface area contributed by atoms with E-state index in [1.54, 1.807) is 6.92 Å². The summed E-state index contributed by atoms with van der Waals surface area (Å²) < 4.78 is 0. The SMILES string of the molecule is CCc1nc(C)c(C(=O)O)c(SCC(O)CO)n1. The predicted octanol–water partition coefficient (Wildman–Crippen LogP) is 0.491. The van der Waals surface area contributed by atoms with E-state index in [-0.39, 0.29) is 17.9 Å². The van der Waals surface area contributed by atoms with Gasteiger partial charge in [-0.3, -0.25) is 0 Å². The van der Waals surface area contributed by atoms with Crippen LogP contribution in [0.3, 0.4) is 0 Å². The van der Waals surface area contributed by atoms with E-state index in [4.69, 9.17) is 10.2 Å². The summed E-state index contributed by atoms with van der Waals surface area (Å²) in [5.74, 6) is -0.328. The molecule has 0 aromatic carbocycles. The van der Waals surface area contributed by atoms with E-state index in [1.165, 1.54) is 0 Å². The standard InChI is InChI=1S/C11H16N2O4S/c1-3-8-12-6(2)9(11(16)17)10(13-8)18-5-7(15)4-14/h7,14-15H,3-5H2,1-2H3,(H,16,17). The minimum absolute atomic E-state index is 0.0577. The molecule has 0 aliphatic heterocycles. The van der Waals surface area contributed by atoms with Gasteiger partial charge in [0.1, 0.15) is 16.4 Å². The van der Waals surface area contributed by atoms with E-state index in [1.807, 2.05) is 6.92 Å². The molecular weight excluding hydrogens is 256 g/mol. The van der Waals surface area contributed by atoms with E-state index in [0.29, 0.717) is 23.0 Å². The Morgan fingerprint density at radius 2 is 2.11 bits per heavy atom. The van der Waals surface area contributed by atoms with Crippen molar-refractivity contribution >= 4 is 17.7 Å². The van der Waals surface area contributed by atoms with Crippen LogP contribution in [-0.4, -0.2) is 49.7 Å².